The van der Waals surface area contributed by atoms with Crippen LogP contribution in [0.4, 0.5) is 0 Å². The number of amides is 1. The number of hydrogen-bond donors (Lipinski definition) is 3. The minimum Gasteiger partial charge on any atom is -0.507 e. The zero-order valence-corrected chi connectivity index (χ0v) is 12.2. The number of carbonyl (C=O) groups is 2. The standard InChI is InChI=1S/C16H21NO4/c1-11-6-7-12(13(18)10-11)14(19)17-16(15(20)21)8-4-2-3-5-9-16/h6-7,10,18H,2-5,8-9H2,1H3,(H,17,19)(H,20,21). The van der Waals surface area contributed by atoms with E-state index in [0.717, 1.165) is 31.2 Å². The van der Waals surface area contributed by atoms with E-state index in [1.165, 1.54) is 12.1 Å². The number of phenolic OH excluding ortho intramolecular Hbond substituents is 1. The molecule has 0 radical (unpaired) electrons. The summed E-state index contributed by atoms with van der Waals surface area (Å²) in [6, 6.07) is 4.73. The number of aliphatic carboxylic acids is 1. The Morgan fingerprint density at radius 1 is 1.14 bits per heavy atom. The lowest BCUT2D eigenvalue weighted by molar-refractivity contribution is -0.145. The van der Waals surface area contributed by atoms with Gasteiger partial charge in [0.2, 0.25) is 0 Å². The zero-order chi connectivity index (χ0) is 15.5. The van der Waals surface area contributed by atoms with Crippen molar-refractivity contribution in [3.63, 3.8) is 0 Å². The summed E-state index contributed by atoms with van der Waals surface area (Å²) in [6.07, 6.45) is 4.40. The van der Waals surface area contributed by atoms with Crippen LogP contribution in [0.2, 0.25) is 0 Å². The van der Waals surface area contributed by atoms with Gasteiger partial charge in [0.1, 0.15) is 11.3 Å². The molecule has 1 amide bonds. The molecule has 2 rings (SSSR count). The third-order valence-electron chi connectivity index (χ3n) is 4.12. The van der Waals surface area contributed by atoms with Gasteiger partial charge in [-0.3, -0.25) is 4.79 Å². The van der Waals surface area contributed by atoms with Crippen molar-refractivity contribution in [2.24, 2.45) is 0 Å². The summed E-state index contributed by atoms with van der Waals surface area (Å²) in [7, 11) is 0. The van der Waals surface area contributed by atoms with Crippen LogP contribution in [-0.4, -0.2) is 27.6 Å². The third-order valence-corrected chi connectivity index (χ3v) is 4.12. The van der Waals surface area contributed by atoms with Crippen LogP contribution in [0, 0.1) is 6.92 Å². The maximum Gasteiger partial charge on any atom is 0.329 e. The Labute approximate surface area is 124 Å². The van der Waals surface area contributed by atoms with E-state index in [2.05, 4.69) is 5.32 Å². The summed E-state index contributed by atoms with van der Waals surface area (Å²) < 4.78 is 0. The van der Waals surface area contributed by atoms with Crippen molar-refractivity contribution in [2.45, 2.75) is 51.0 Å². The van der Waals surface area contributed by atoms with Gasteiger partial charge in [0.25, 0.3) is 5.91 Å². The van der Waals surface area contributed by atoms with E-state index < -0.39 is 17.4 Å². The first-order chi connectivity index (χ1) is 9.94. The SMILES string of the molecule is Cc1ccc(C(=O)NC2(C(=O)O)CCCCCC2)c(O)c1. The molecule has 0 bridgehead atoms. The molecule has 0 heterocycles. The molecule has 5 nitrogen and oxygen atoms in total. The fourth-order valence-corrected chi connectivity index (χ4v) is 2.84. The van der Waals surface area contributed by atoms with E-state index in [4.69, 9.17) is 0 Å². The molecule has 1 fully saturated rings. The van der Waals surface area contributed by atoms with Gasteiger partial charge in [-0.1, -0.05) is 31.7 Å². The van der Waals surface area contributed by atoms with Crippen LogP contribution in [0.25, 0.3) is 0 Å². The van der Waals surface area contributed by atoms with Gasteiger partial charge in [-0.25, -0.2) is 4.79 Å². The summed E-state index contributed by atoms with van der Waals surface area (Å²) in [5, 5.41) is 22.1. The van der Waals surface area contributed by atoms with Gasteiger partial charge in [0.05, 0.1) is 5.56 Å². The Kier molecular flexibility index (Phi) is 4.50. The first-order valence-corrected chi connectivity index (χ1v) is 7.30. The van der Waals surface area contributed by atoms with Gasteiger partial charge < -0.3 is 15.5 Å². The molecular formula is C16H21NO4. The highest BCUT2D eigenvalue weighted by atomic mass is 16.4. The van der Waals surface area contributed by atoms with E-state index in [1.807, 2.05) is 6.92 Å². The van der Waals surface area contributed by atoms with Gasteiger partial charge in [0, 0.05) is 0 Å². The largest absolute Gasteiger partial charge is 0.507 e. The lowest BCUT2D eigenvalue weighted by Gasteiger charge is -2.29. The van der Waals surface area contributed by atoms with E-state index in [9.17, 15) is 19.8 Å². The van der Waals surface area contributed by atoms with Crippen LogP contribution in [0.1, 0.15) is 54.4 Å². The zero-order valence-electron chi connectivity index (χ0n) is 12.2. The number of carboxylic acids is 1. The average molecular weight is 291 g/mol. The van der Waals surface area contributed by atoms with Crippen LogP contribution in [0.3, 0.4) is 0 Å². The number of nitrogens with one attached hydrogen (secondary N) is 1. The maximum absolute atomic E-state index is 12.3. The predicted octanol–water partition coefficient (Wildman–Crippen LogP) is 2.61. The van der Waals surface area contributed by atoms with Crippen molar-refractivity contribution in [2.75, 3.05) is 0 Å². The molecule has 0 aliphatic heterocycles. The van der Waals surface area contributed by atoms with Crippen LogP contribution in [0.5, 0.6) is 5.75 Å². The van der Waals surface area contributed by atoms with E-state index >= 15 is 0 Å². The minimum absolute atomic E-state index is 0.116. The molecule has 1 aliphatic rings. The van der Waals surface area contributed by atoms with Gasteiger partial charge in [0.15, 0.2) is 0 Å². The summed E-state index contributed by atoms with van der Waals surface area (Å²) >= 11 is 0. The molecule has 1 aromatic carbocycles. The van der Waals surface area contributed by atoms with Crippen LogP contribution < -0.4 is 5.32 Å². The number of rotatable bonds is 3. The molecule has 1 aliphatic carbocycles. The summed E-state index contributed by atoms with van der Waals surface area (Å²) in [6.45, 7) is 1.81. The molecule has 0 saturated heterocycles. The third kappa shape index (κ3) is 3.35. The molecule has 0 unspecified atom stereocenters. The quantitative estimate of drug-likeness (QED) is 0.747. The second-order valence-electron chi connectivity index (χ2n) is 5.78. The summed E-state index contributed by atoms with van der Waals surface area (Å²) in [5.74, 6) is -1.65. The highest BCUT2D eigenvalue weighted by Crippen LogP contribution is 2.29. The number of benzene rings is 1. The summed E-state index contributed by atoms with van der Waals surface area (Å²) in [5.41, 5.74) is -0.262. The topological polar surface area (TPSA) is 86.6 Å². The number of aryl methyl sites for hydroxylation is 1. The summed E-state index contributed by atoms with van der Waals surface area (Å²) in [4.78, 5) is 24.0. The van der Waals surface area contributed by atoms with Crippen LogP contribution in [0.15, 0.2) is 18.2 Å². The Morgan fingerprint density at radius 2 is 1.76 bits per heavy atom. The van der Waals surface area contributed by atoms with Gasteiger partial charge in [-0.15, -0.1) is 0 Å². The van der Waals surface area contributed by atoms with Crippen molar-refractivity contribution in [1.82, 2.24) is 5.32 Å². The first kappa shape index (κ1) is 15.4. The lowest BCUT2D eigenvalue weighted by atomic mass is 9.89. The lowest BCUT2D eigenvalue weighted by Crippen LogP contribution is -2.54. The number of phenols is 1. The number of carboxylic acid groups (broad SMARTS) is 1. The van der Waals surface area contributed by atoms with Crippen molar-refractivity contribution in [3.05, 3.63) is 29.3 Å². The van der Waals surface area contributed by atoms with Gasteiger partial charge >= 0.3 is 5.97 Å². The highest BCUT2D eigenvalue weighted by Gasteiger charge is 2.40. The molecule has 1 aromatic rings. The number of hydrogen-bond acceptors (Lipinski definition) is 3. The molecule has 0 spiro atoms. The van der Waals surface area contributed by atoms with E-state index in [1.54, 1.807) is 6.07 Å². The second-order valence-corrected chi connectivity index (χ2v) is 5.78. The monoisotopic (exact) mass is 291 g/mol. The average Bonchev–Trinajstić information content (AvgIpc) is 2.65. The Bertz CT molecular complexity index is 545. The normalized spacial score (nSPS) is 17.8. The molecule has 0 atom stereocenters. The molecule has 1 saturated carbocycles. The molecule has 3 N–H and O–H groups in total. The number of aromatic hydroxyl groups is 1. The molecular weight excluding hydrogens is 270 g/mol. The van der Waals surface area contributed by atoms with E-state index in [-0.39, 0.29) is 11.3 Å². The minimum atomic E-state index is -1.22. The van der Waals surface area contributed by atoms with Gasteiger partial charge in [-0.2, -0.15) is 0 Å². The highest BCUT2D eigenvalue weighted by molar-refractivity contribution is 6.00. The van der Waals surface area contributed by atoms with E-state index in [0.29, 0.717) is 12.8 Å². The van der Waals surface area contributed by atoms with Crippen molar-refractivity contribution < 1.29 is 19.8 Å². The Balaban J connectivity index is 2.24. The molecule has 21 heavy (non-hydrogen) atoms. The van der Waals surface area contributed by atoms with Crippen molar-refractivity contribution >= 4 is 11.9 Å². The van der Waals surface area contributed by atoms with Crippen LogP contribution >= 0.6 is 0 Å². The van der Waals surface area contributed by atoms with Gasteiger partial charge in [-0.05, 0) is 37.5 Å². The van der Waals surface area contributed by atoms with Crippen molar-refractivity contribution in [1.29, 1.82) is 0 Å². The predicted molar refractivity (Wildman–Crippen MR) is 78.4 cm³/mol. The fraction of sp³-hybridized carbons (Fsp3) is 0.500. The van der Waals surface area contributed by atoms with Crippen molar-refractivity contribution in [3.8, 4) is 5.75 Å². The molecule has 0 aromatic heterocycles. The Hall–Kier alpha value is -2.04. The molecule has 114 valence electrons. The fourth-order valence-electron chi connectivity index (χ4n) is 2.84. The Morgan fingerprint density at radius 3 is 2.29 bits per heavy atom. The molecule has 5 heteroatoms. The maximum atomic E-state index is 12.3. The van der Waals surface area contributed by atoms with Crippen LogP contribution in [-0.2, 0) is 4.79 Å². The smallest absolute Gasteiger partial charge is 0.329 e. The first-order valence-electron chi connectivity index (χ1n) is 7.30. The number of carbonyl (C=O) groups excluding carboxylic acids is 1. The second kappa shape index (κ2) is 6.16.